The molecule has 36 heavy (non-hydrogen) atoms. The Bertz CT molecular complexity index is 1270. The molecule has 0 spiro atoms. The van der Waals surface area contributed by atoms with Gasteiger partial charge in [-0.2, -0.15) is 13.2 Å². The number of allylic oxidation sites excluding steroid dienone is 3. The number of carbonyl (C=O) groups is 1. The summed E-state index contributed by atoms with van der Waals surface area (Å²) in [6.07, 6.45) is 0.483. The fourth-order valence-corrected chi connectivity index (χ4v) is 5.30. The van der Waals surface area contributed by atoms with Gasteiger partial charge in [-0.15, -0.1) is 11.3 Å². The third-order valence-corrected chi connectivity index (χ3v) is 6.85. The van der Waals surface area contributed by atoms with Crippen molar-refractivity contribution in [2.24, 2.45) is 5.92 Å². The van der Waals surface area contributed by atoms with E-state index in [4.69, 9.17) is 4.98 Å². The first-order valence-corrected chi connectivity index (χ1v) is 12.6. The molecule has 3 rings (SSSR count). The molecule has 2 heterocycles. The minimum absolute atomic E-state index is 0.0533. The lowest BCUT2D eigenvalue weighted by molar-refractivity contribution is -0.137. The number of rotatable bonds is 9. The second-order valence-electron chi connectivity index (χ2n) is 8.26. The summed E-state index contributed by atoms with van der Waals surface area (Å²) in [5, 5.41) is 3.35. The van der Waals surface area contributed by atoms with Gasteiger partial charge in [-0.1, -0.05) is 56.5 Å². The van der Waals surface area contributed by atoms with E-state index in [0.29, 0.717) is 17.2 Å². The van der Waals surface area contributed by atoms with Gasteiger partial charge in [0.25, 0.3) is 0 Å². The molecule has 0 bridgehead atoms. The van der Waals surface area contributed by atoms with Crippen LogP contribution in [0.2, 0.25) is 0 Å². The first-order valence-electron chi connectivity index (χ1n) is 11.0. The van der Waals surface area contributed by atoms with E-state index in [-0.39, 0.29) is 11.4 Å². The number of nitrogens with zero attached hydrogens (tertiary/aromatic N) is 2. The Morgan fingerprint density at radius 1 is 1.28 bits per heavy atom. The minimum atomic E-state index is -4.64. The van der Waals surface area contributed by atoms with Crippen molar-refractivity contribution in [3.05, 3.63) is 76.2 Å². The van der Waals surface area contributed by atoms with E-state index in [1.54, 1.807) is 17.8 Å². The van der Waals surface area contributed by atoms with Crippen LogP contribution in [-0.4, -0.2) is 23.0 Å². The summed E-state index contributed by atoms with van der Waals surface area (Å²) in [7, 11) is 1.10. The second-order valence-corrected chi connectivity index (χ2v) is 10.7. The average molecular weight is 534 g/mol. The molecular weight excluding hydrogens is 507 g/mol. The van der Waals surface area contributed by atoms with Gasteiger partial charge in [-0.05, 0) is 42.4 Å². The number of aromatic nitrogens is 2. The number of thioether (sulfide) groups is 1. The number of thiazole rings is 1. The maximum absolute atomic E-state index is 13.2. The molecule has 3 aromatic rings. The summed E-state index contributed by atoms with van der Waals surface area (Å²) >= 11 is 3.01. The van der Waals surface area contributed by atoms with Crippen LogP contribution in [-0.2, 0) is 17.3 Å². The van der Waals surface area contributed by atoms with Crippen LogP contribution >= 0.6 is 23.1 Å². The third kappa shape index (κ3) is 6.98. The van der Waals surface area contributed by atoms with Crippen molar-refractivity contribution in [3.8, 4) is 11.3 Å². The lowest BCUT2D eigenvalue weighted by Gasteiger charge is -2.11. The lowest BCUT2D eigenvalue weighted by Crippen LogP contribution is -2.12. The standard InChI is InChI=1S/C26H26F3N3O2S2/c1-6-7-16(4)35-19-10-8-17(9-11-19)22-21(12-15(2)3)36-25(31-22)32-23-20(24(33)34-5)13-18(14-30-23)26(27,28)29/h6-11,13-15H,1,12H2,2-5H3,(H,30,31,32)/b16-7+. The van der Waals surface area contributed by atoms with Gasteiger partial charge in [0.15, 0.2) is 5.13 Å². The van der Waals surface area contributed by atoms with Crippen molar-refractivity contribution in [1.82, 2.24) is 9.97 Å². The predicted molar refractivity (Wildman–Crippen MR) is 140 cm³/mol. The number of hydrogen-bond acceptors (Lipinski definition) is 7. The number of hydrogen-bond donors (Lipinski definition) is 1. The molecule has 1 N–H and O–H groups in total. The quantitative estimate of drug-likeness (QED) is 0.170. The third-order valence-electron chi connectivity index (χ3n) is 4.90. The number of anilines is 2. The van der Waals surface area contributed by atoms with Crippen molar-refractivity contribution in [1.29, 1.82) is 0 Å². The van der Waals surface area contributed by atoms with Gasteiger partial charge >= 0.3 is 12.1 Å². The van der Waals surface area contributed by atoms with Crippen LogP contribution < -0.4 is 5.32 Å². The zero-order valence-electron chi connectivity index (χ0n) is 20.3. The van der Waals surface area contributed by atoms with E-state index < -0.39 is 17.7 Å². The van der Waals surface area contributed by atoms with Gasteiger partial charge in [0.2, 0.25) is 0 Å². The number of carbonyl (C=O) groups excluding carboxylic acids is 1. The number of ether oxygens (including phenoxy) is 1. The first kappa shape index (κ1) is 27.5. The van der Waals surface area contributed by atoms with E-state index in [1.807, 2.05) is 37.3 Å². The van der Waals surface area contributed by atoms with E-state index in [2.05, 4.69) is 35.5 Å². The molecule has 1 aromatic carbocycles. The van der Waals surface area contributed by atoms with Gasteiger partial charge in [-0.25, -0.2) is 14.8 Å². The van der Waals surface area contributed by atoms with Crippen molar-refractivity contribution >= 4 is 40.0 Å². The maximum Gasteiger partial charge on any atom is 0.417 e. The molecule has 5 nitrogen and oxygen atoms in total. The van der Waals surface area contributed by atoms with Crippen molar-refractivity contribution in [2.75, 3.05) is 12.4 Å². The summed E-state index contributed by atoms with van der Waals surface area (Å²) in [5.74, 6) is -0.625. The molecule has 0 radical (unpaired) electrons. The zero-order valence-corrected chi connectivity index (χ0v) is 21.9. The highest BCUT2D eigenvalue weighted by Gasteiger charge is 2.33. The molecule has 0 aliphatic rings. The molecule has 10 heteroatoms. The summed E-state index contributed by atoms with van der Waals surface area (Å²) in [6.45, 7) is 9.91. The topological polar surface area (TPSA) is 64.1 Å². The summed E-state index contributed by atoms with van der Waals surface area (Å²) in [5.41, 5.74) is 0.333. The van der Waals surface area contributed by atoms with Gasteiger partial charge < -0.3 is 10.1 Å². The van der Waals surface area contributed by atoms with Crippen LogP contribution in [0, 0.1) is 5.92 Å². The van der Waals surface area contributed by atoms with Crippen LogP contribution in [0.4, 0.5) is 24.1 Å². The first-order chi connectivity index (χ1) is 17.0. The van der Waals surface area contributed by atoms with Gasteiger partial charge in [0.05, 0.1) is 18.4 Å². The highest BCUT2D eigenvalue weighted by Crippen LogP contribution is 2.37. The highest BCUT2D eigenvalue weighted by molar-refractivity contribution is 8.03. The molecule has 0 aliphatic heterocycles. The van der Waals surface area contributed by atoms with E-state index in [0.717, 1.165) is 45.5 Å². The minimum Gasteiger partial charge on any atom is -0.465 e. The molecule has 2 aromatic heterocycles. The Morgan fingerprint density at radius 2 is 1.97 bits per heavy atom. The molecule has 0 atom stereocenters. The molecule has 0 aliphatic carbocycles. The number of pyridine rings is 1. The van der Waals surface area contributed by atoms with Gasteiger partial charge in [0.1, 0.15) is 11.4 Å². The fraction of sp³-hybridized carbons (Fsp3) is 0.269. The van der Waals surface area contributed by atoms with Gasteiger partial charge in [0, 0.05) is 21.5 Å². The Kier molecular flexibility index (Phi) is 8.97. The summed E-state index contributed by atoms with van der Waals surface area (Å²) in [4.78, 5) is 24.0. The van der Waals surface area contributed by atoms with Crippen LogP contribution in [0.5, 0.6) is 0 Å². The van der Waals surface area contributed by atoms with E-state index >= 15 is 0 Å². The van der Waals surface area contributed by atoms with Crippen LogP contribution in [0.15, 0.2) is 65.1 Å². The number of benzene rings is 1. The Hall–Kier alpha value is -3.11. The van der Waals surface area contributed by atoms with E-state index in [9.17, 15) is 18.0 Å². The van der Waals surface area contributed by atoms with E-state index in [1.165, 1.54) is 11.3 Å². The fourth-order valence-electron chi connectivity index (χ4n) is 3.29. The average Bonchev–Trinajstić information content (AvgIpc) is 3.20. The summed E-state index contributed by atoms with van der Waals surface area (Å²) < 4.78 is 44.2. The molecular formula is C26H26F3N3O2S2. The number of halogens is 3. The maximum atomic E-state index is 13.2. The predicted octanol–water partition coefficient (Wildman–Crippen LogP) is 8.13. The molecule has 190 valence electrons. The normalized spacial score (nSPS) is 12.1. The SMILES string of the molecule is C=C/C=C(\C)Sc1ccc(-c2nc(Nc3ncc(C(F)(F)F)cc3C(=O)OC)sc2CC(C)C)cc1. The second kappa shape index (κ2) is 11.7. The lowest BCUT2D eigenvalue weighted by atomic mass is 10.1. The number of nitrogens with one attached hydrogen (secondary N) is 1. The van der Waals surface area contributed by atoms with Crippen molar-refractivity contribution in [3.63, 3.8) is 0 Å². The summed E-state index contributed by atoms with van der Waals surface area (Å²) in [6, 6.07) is 8.73. The largest absolute Gasteiger partial charge is 0.465 e. The Balaban J connectivity index is 1.97. The molecule has 0 amide bonds. The zero-order chi connectivity index (χ0) is 26.5. The number of methoxy groups -OCH3 is 1. The Labute approximate surface area is 216 Å². The van der Waals surface area contributed by atoms with Crippen molar-refractivity contribution < 1.29 is 22.7 Å². The molecule has 0 saturated carbocycles. The van der Waals surface area contributed by atoms with Gasteiger partial charge in [-0.3, -0.25) is 0 Å². The molecule has 0 saturated heterocycles. The molecule has 0 fully saturated rings. The van der Waals surface area contributed by atoms with Crippen LogP contribution in [0.1, 0.15) is 41.6 Å². The van der Waals surface area contributed by atoms with Crippen LogP contribution in [0.3, 0.4) is 0 Å². The van der Waals surface area contributed by atoms with Crippen LogP contribution in [0.25, 0.3) is 11.3 Å². The smallest absolute Gasteiger partial charge is 0.417 e. The highest BCUT2D eigenvalue weighted by atomic mass is 32.2. The monoisotopic (exact) mass is 533 g/mol. The van der Waals surface area contributed by atoms with Crippen molar-refractivity contribution in [2.45, 2.75) is 38.3 Å². The number of esters is 1. The number of alkyl halides is 3. The molecule has 0 unspecified atom stereocenters. The Morgan fingerprint density at radius 3 is 2.56 bits per heavy atom.